The number of carboxylic acids is 1. The van der Waals surface area contributed by atoms with Gasteiger partial charge in [-0.3, -0.25) is 0 Å². The number of carboxylic acid groups (broad SMARTS) is 1. The van der Waals surface area contributed by atoms with Gasteiger partial charge in [0.25, 0.3) is 0 Å². The average molecular weight is 250 g/mol. The van der Waals surface area contributed by atoms with E-state index < -0.39 is 5.97 Å². The fraction of sp³-hybridized carbons (Fsp3) is 0.615. The van der Waals surface area contributed by atoms with Crippen LogP contribution in [0.4, 0.5) is 0 Å². The lowest BCUT2D eigenvalue weighted by molar-refractivity contribution is -0.765. The van der Waals surface area contributed by atoms with Crippen molar-refractivity contribution >= 4 is 17.7 Å². The van der Waals surface area contributed by atoms with Gasteiger partial charge in [0.15, 0.2) is 0 Å². The summed E-state index contributed by atoms with van der Waals surface area (Å²) in [5.74, 6) is -0.557. The zero-order valence-electron chi connectivity index (χ0n) is 10.4. The van der Waals surface area contributed by atoms with E-state index in [4.69, 9.17) is 0 Å². The molecular formula is C13H18N2O3. The van der Waals surface area contributed by atoms with Gasteiger partial charge in [0.05, 0.1) is 25.6 Å². The second kappa shape index (κ2) is 5.44. The first-order valence-corrected chi connectivity index (χ1v) is 6.50. The predicted octanol–water partition coefficient (Wildman–Crippen LogP) is 0.0121. The van der Waals surface area contributed by atoms with Crippen molar-refractivity contribution < 1.29 is 19.2 Å². The summed E-state index contributed by atoms with van der Waals surface area (Å²) >= 11 is 0. The minimum atomic E-state index is -1.33. The fourth-order valence-electron chi connectivity index (χ4n) is 2.82. The molecule has 1 fully saturated rings. The highest BCUT2D eigenvalue weighted by molar-refractivity contribution is 5.96. The van der Waals surface area contributed by atoms with Crippen LogP contribution < -0.4 is 5.11 Å². The fourth-order valence-corrected chi connectivity index (χ4v) is 2.82. The summed E-state index contributed by atoms with van der Waals surface area (Å²) in [5.41, 5.74) is 0. The number of aliphatic imine (C=N–C) groups is 1. The lowest BCUT2D eigenvalue weighted by Gasteiger charge is -2.36. The molecule has 1 atom stereocenters. The van der Waals surface area contributed by atoms with Gasteiger partial charge in [-0.1, -0.05) is 0 Å². The van der Waals surface area contributed by atoms with Crippen molar-refractivity contribution in [2.24, 2.45) is 4.99 Å². The lowest BCUT2D eigenvalue weighted by Crippen LogP contribution is -2.58. The Labute approximate surface area is 106 Å². The van der Waals surface area contributed by atoms with Crippen LogP contribution >= 0.6 is 0 Å². The van der Waals surface area contributed by atoms with Crippen LogP contribution in [-0.2, 0) is 9.59 Å². The molecule has 2 aliphatic rings. The molecule has 5 heteroatoms. The second-order valence-corrected chi connectivity index (χ2v) is 4.87. The van der Waals surface area contributed by atoms with Crippen molar-refractivity contribution in [1.29, 1.82) is 0 Å². The smallest absolute Gasteiger partial charge is 0.344 e. The molecule has 0 aromatic heterocycles. The Balaban J connectivity index is 2.28. The van der Waals surface area contributed by atoms with E-state index in [1.54, 1.807) is 0 Å². The third-order valence-electron chi connectivity index (χ3n) is 3.71. The molecule has 98 valence electrons. The number of hydrogen-bond donors (Lipinski definition) is 0. The predicted molar refractivity (Wildman–Crippen MR) is 64.5 cm³/mol. The van der Waals surface area contributed by atoms with Crippen molar-refractivity contribution in [3.63, 3.8) is 0 Å². The number of quaternary nitrogens is 1. The molecular weight excluding hydrogens is 232 g/mol. The van der Waals surface area contributed by atoms with Crippen molar-refractivity contribution in [1.82, 2.24) is 0 Å². The summed E-state index contributed by atoms with van der Waals surface area (Å²) < 4.78 is 0.240. The number of amides is 1. The Kier molecular flexibility index (Phi) is 3.91. The van der Waals surface area contributed by atoms with Gasteiger partial charge >= 0.3 is 5.91 Å². The average Bonchev–Trinajstić information content (AvgIpc) is 2.58. The number of fused-ring (bicyclic) bond motifs is 1. The Hall–Kier alpha value is -1.49. The molecule has 18 heavy (non-hydrogen) atoms. The summed E-state index contributed by atoms with van der Waals surface area (Å²) in [6.07, 6.45) is 6.87. The molecule has 2 heterocycles. The van der Waals surface area contributed by atoms with Gasteiger partial charge in [0.1, 0.15) is 0 Å². The zero-order chi connectivity index (χ0) is 13.0. The quantitative estimate of drug-likeness (QED) is 0.512. The van der Waals surface area contributed by atoms with Gasteiger partial charge < -0.3 is 9.90 Å². The Bertz CT molecular complexity index is 414. The number of hydrogen-bond acceptors (Lipinski definition) is 4. The molecule has 1 unspecified atom stereocenters. The van der Waals surface area contributed by atoms with Crippen LogP contribution in [0.15, 0.2) is 17.1 Å². The Morgan fingerprint density at radius 1 is 1.11 bits per heavy atom. The van der Waals surface area contributed by atoms with Gasteiger partial charge in [-0.15, -0.1) is 0 Å². The number of rotatable bonds is 2. The van der Waals surface area contributed by atoms with Crippen LogP contribution in [0.2, 0.25) is 0 Å². The molecule has 0 aliphatic carbocycles. The summed E-state index contributed by atoms with van der Waals surface area (Å²) in [4.78, 5) is 27.3. The van der Waals surface area contributed by atoms with E-state index in [0.717, 1.165) is 69.7 Å². The number of aliphatic carboxylic acids is 1. The minimum Gasteiger partial charge on any atom is -0.545 e. The van der Waals surface area contributed by atoms with Crippen LogP contribution in [0.25, 0.3) is 0 Å². The van der Waals surface area contributed by atoms with Gasteiger partial charge in [0.2, 0.25) is 5.84 Å². The molecule has 0 aromatic rings. The normalized spacial score (nSPS) is 28.3. The molecule has 0 N–H and O–H groups in total. The highest BCUT2D eigenvalue weighted by Gasteiger charge is 2.42. The molecule has 0 spiro atoms. The first-order chi connectivity index (χ1) is 8.65. The summed E-state index contributed by atoms with van der Waals surface area (Å²) in [5, 5.41) is 10.4. The lowest BCUT2D eigenvalue weighted by atomic mass is 10.1. The maximum atomic E-state index is 12.3. The number of nitrogens with zero attached hydrogens (tertiary/aromatic N) is 2. The monoisotopic (exact) mass is 250 g/mol. The molecule has 5 nitrogen and oxygen atoms in total. The van der Waals surface area contributed by atoms with Crippen LogP contribution in [-0.4, -0.2) is 41.8 Å². The van der Waals surface area contributed by atoms with Gasteiger partial charge in [-0.05, 0) is 25.3 Å². The largest absolute Gasteiger partial charge is 0.545 e. The van der Waals surface area contributed by atoms with Gasteiger partial charge in [-0.2, -0.15) is 0 Å². The SMILES string of the molecule is O=C([O-])/C=C\C(=O)[N+]12CCCCCC1=NCCC2. The Morgan fingerprint density at radius 3 is 2.67 bits per heavy atom. The van der Waals surface area contributed by atoms with Crippen LogP contribution in [0.1, 0.15) is 32.1 Å². The molecule has 2 rings (SSSR count). The van der Waals surface area contributed by atoms with Crippen LogP contribution in [0.5, 0.6) is 0 Å². The molecule has 0 radical (unpaired) electrons. The number of carbonyl (C=O) groups is 2. The zero-order valence-corrected chi connectivity index (χ0v) is 10.4. The van der Waals surface area contributed by atoms with Crippen LogP contribution in [0, 0.1) is 0 Å². The summed E-state index contributed by atoms with van der Waals surface area (Å²) in [6.45, 7) is 2.27. The van der Waals surface area contributed by atoms with E-state index in [9.17, 15) is 14.7 Å². The van der Waals surface area contributed by atoms with E-state index >= 15 is 0 Å². The molecule has 0 bridgehead atoms. The second-order valence-electron chi connectivity index (χ2n) is 4.87. The Morgan fingerprint density at radius 2 is 1.89 bits per heavy atom. The van der Waals surface area contributed by atoms with Crippen molar-refractivity contribution in [3.8, 4) is 0 Å². The number of carbonyl (C=O) groups excluding carboxylic acids is 2. The topological polar surface area (TPSA) is 69.6 Å². The van der Waals surface area contributed by atoms with Crippen LogP contribution in [0.3, 0.4) is 0 Å². The summed E-state index contributed by atoms with van der Waals surface area (Å²) in [7, 11) is 0. The van der Waals surface area contributed by atoms with Crippen molar-refractivity contribution in [3.05, 3.63) is 12.2 Å². The third kappa shape index (κ3) is 2.51. The first-order valence-electron chi connectivity index (χ1n) is 6.50. The number of amidine groups is 1. The molecule has 2 aliphatic heterocycles. The molecule has 0 saturated carbocycles. The van der Waals surface area contributed by atoms with Gasteiger partial charge in [0, 0.05) is 18.9 Å². The minimum absolute atomic E-state index is 0.167. The molecule has 1 amide bonds. The highest BCUT2D eigenvalue weighted by atomic mass is 16.4. The van der Waals surface area contributed by atoms with Crippen molar-refractivity contribution in [2.75, 3.05) is 19.6 Å². The summed E-state index contributed by atoms with van der Waals surface area (Å²) in [6, 6.07) is 0. The maximum absolute atomic E-state index is 12.3. The molecule has 0 aromatic carbocycles. The van der Waals surface area contributed by atoms with Gasteiger partial charge in [-0.25, -0.2) is 14.3 Å². The van der Waals surface area contributed by atoms with E-state index in [1.807, 2.05) is 0 Å². The van der Waals surface area contributed by atoms with E-state index in [1.165, 1.54) is 0 Å². The standard InChI is InChI=1S/C13H18N2O3/c16-12(6-7-13(17)18)15-9-3-1-2-5-11(15)14-8-4-10-15/h6-7H,1-5,8-10H2/b7-6-. The van der Waals surface area contributed by atoms with E-state index in [-0.39, 0.29) is 10.4 Å². The first kappa shape index (κ1) is 13.0. The van der Waals surface area contributed by atoms with E-state index in [2.05, 4.69) is 4.99 Å². The highest BCUT2D eigenvalue weighted by Crippen LogP contribution is 2.25. The third-order valence-corrected chi connectivity index (χ3v) is 3.71. The van der Waals surface area contributed by atoms with E-state index in [0.29, 0.717) is 0 Å². The maximum Gasteiger partial charge on any atom is 0.344 e. The molecule has 1 saturated heterocycles. The van der Waals surface area contributed by atoms with Crippen molar-refractivity contribution in [2.45, 2.75) is 32.1 Å².